The molecule has 0 aromatic heterocycles. The highest BCUT2D eigenvalue weighted by Crippen LogP contribution is 2.24. The Morgan fingerprint density at radius 1 is 1.10 bits per heavy atom. The molecule has 110 valence electrons. The van der Waals surface area contributed by atoms with Gasteiger partial charge in [0.1, 0.15) is 0 Å². The zero-order valence-electron chi connectivity index (χ0n) is 12.1. The predicted octanol–water partition coefficient (Wildman–Crippen LogP) is 1.10. The van der Waals surface area contributed by atoms with E-state index in [1.165, 1.54) is 17.7 Å². The highest BCUT2D eigenvalue weighted by molar-refractivity contribution is 5.48. The van der Waals surface area contributed by atoms with Crippen LogP contribution >= 0.6 is 0 Å². The predicted molar refractivity (Wildman–Crippen MR) is 82.2 cm³/mol. The number of benzene rings is 1. The maximum absolute atomic E-state index is 5.60. The van der Waals surface area contributed by atoms with E-state index < -0.39 is 0 Å². The van der Waals surface area contributed by atoms with Crippen LogP contribution in [0.15, 0.2) is 24.3 Å². The van der Waals surface area contributed by atoms with Crippen molar-refractivity contribution in [3.63, 3.8) is 0 Å². The lowest BCUT2D eigenvalue weighted by atomic mass is 10.1. The van der Waals surface area contributed by atoms with Crippen molar-refractivity contribution in [2.24, 2.45) is 5.73 Å². The van der Waals surface area contributed by atoms with Gasteiger partial charge in [0.15, 0.2) is 0 Å². The molecule has 2 aliphatic heterocycles. The van der Waals surface area contributed by atoms with Crippen LogP contribution in [-0.2, 0) is 11.2 Å². The molecule has 0 spiro atoms. The van der Waals surface area contributed by atoms with E-state index in [1.807, 2.05) is 0 Å². The van der Waals surface area contributed by atoms with Gasteiger partial charge in [0, 0.05) is 37.9 Å². The summed E-state index contributed by atoms with van der Waals surface area (Å²) in [5, 5.41) is 0. The van der Waals surface area contributed by atoms with Crippen LogP contribution in [0.3, 0.4) is 0 Å². The second-order valence-electron chi connectivity index (χ2n) is 5.74. The molecule has 3 rings (SSSR count). The fourth-order valence-corrected chi connectivity index (χ4v) is 3.26. The summed E-state index contributed by atoms with van der Waals surface area (Å²) >= 11 is 0. The minimum Gasteiger partial charge on any atom is -0.379 e. The minimum absolute atomic E-state index is 0.697. The largest absolute Gasteiger partial charge is 0.379 e. The van der Waals surface area contributed by atoms with Gasteiger partial charge >= 0.3 is 0 Å². The highest BCUT2D eigenvalue weighted by Gasteiger charge is 2.28. The molecule has 1 aromatic carbocycles. The minimum atomic E-state index is 0.697. The lowest BCUT2D eigenvalue weighted by Crippen LogP contribution is -2.44. The maximum Gasteiger partial charge on any atom is 0.0594 e. The zero-order valence-corrected chi connectivity index (χ0v) is 12.1. The fourth-order valence-electron chi connectivity index (χ4n) is 3.26. The summed E-state index contributed by atoms with van der Waals surface area (Å²) in [6.07, 6.45) is 2.24. The summed E-state index contributed by atoms with van der Waals surface area (Å²) in [5.41, 5.74) is 8.28. The molecule has 4 nitrogen and oxygen atoms in total. The monoisotopic (exact) mass is 275 g/mol. The lowest BCUT2D eigenvalue weighted by molar-refractivity contribution is 0.0209. The normalized spacial score (nSPS) is 24.2. The first kappa shape index (κ1) is 13.9. The average molecular weight is 275 g/mol. The van der Waals surface area contributed by atoms with Gasteiger partial charge in [0.2, 0.25) is 0 Å². The van der Waals surface area contributed by atoms with Gasteiger partial charge in [0.05, 0.1) is 13.2 Å². The molecule has 1 unspecified atom stereocenters. The third kappa shape index (κ3) is 3.14. The Kier molecular flexibility index (Phi) is 4.55. The van der Waals surface area contributed by atoms with Crippen molar-refractivity contribution in [2.75, 3.05) is 50.8 Å². The summed E-state index contributed by atoms with van der Waals surface area (Å²) in [6, 6.07) is 9.61. The van der Waals surface area contributed by atoms with Crippen LogP contribution in [-0.4, -0.2) is 56.9 Å². The van der Waals surface area contributed by atoms with Gasteiger partial charge in [-0.2, -0.15) is 0 Å². The van der Waals surface area contributed by atoms with Crippen molar-refractivity contribution >= 4 is 5.69 Å². The van der Waals surface area contributed by atoms with Crippen molar-refractivity contribution in [2.45, 2.75) is 18.9 Å². The van der Waals surface area contributed by atoms with Gasteiger partial charge in [0.25, 0.3) is 0 Å². The van der Waals surface area contributed by atoms with Crippen molar-refractivity contribution in [3.8, 4) is 0 Å². The molecule has 4 heteroatoms. The number of anilines is 1. The standard InChI is InChI=1S/C16H25N3O/c17-7-5-14-1-3-15(4-2-14)19-8-6-16(13-19)18-9-11-20-12-10-18/h1-4,16H,5-13,17H2. The van der Waals surface area contributed by atoms with Gasteiger partial charge in [-0.25, -0.2) is 0 Å². The smallest absolute Gasteiger partial charge is 0.0594 e. The van der Waals surface area contributed by atoms with E-state index in [9.17, 15) is 0 Å². The third-order valence-electron chi connectivity index (χ3n) is 4.46. The molecule has 1 atom stereocenters. The van der Waals surface area contributed by atoms with E-state index in [1.54, 1.807) is 0 Å². The van der Waals surface area contributed by atoms with E-state index in [0.717, 1.165) is 52.4 Å². The van der Waals surface area contributed by atoms with Gasteiger partial charge < -0.3 is 15.4 Å². The summed E-state index contributed by atoms with van der Waals surface area (Å²) in [5.74, 6) is 0. The van der Waals surface area contributed by atoms with E-state index in [-0.39, 0.29) is 0 Å². The highest BCUT2D eigenvalue weighted by atomic mass is 16.5. The van der Waals surface area contributed by atoms with E-state index >= 15 is 0 Å². The van der Waals surface area contributed by atoms with Crippen molar-refractivity contribution in [3.05, 3.63) is 29.8 Å². The molecule has 0 amide bonds. The van der Waals surface area contributed by atoms with E-state index in [4.69, 9.17) is 10.5 Å². The number of nitrogens with zero attached hydrogens (tertiary/aromatic N) is 2. The number of hydrogen-bond donors (Lipinski definition) is 1. The topological polar surface area (TPSA) is 41.7 Å². The first-order valence-electron chi connectivity index (χ1n) is 7.72. The molecule has 2 aliphatic rings. The Morgan fingerprint density at radius 2 is 1.85 bits per heavy atom. The molecule has 0 saturated carbocycles. The van der Waals surface area contributed by atoms with Crippen molar-refractivity contribution in [1.29, 1.82) is 0 Å². The quantitative estimate of drug-likeness (QED) is 0.893. The summed E-state index contributed by atoms with van der Waals surface area (Å²) in [6.45, 7) is 7.01. The number of rotatable bonds is 4. The van der Waals surface area contributed by atoms with Crippen molar-refractivity contribution in [1.82, 2.24) is 4.90 Å². The second kappa shape index (κ2) is 6.57. The molecule has 2 saturated heterocycles. The summed E-state index contributed by atoms with van der Waals surface area (Å²) in [7, 11) is 0. The van der Waals surface area contributed by atoms with Gasteiger partial charge in [-0.05, 0) is 37.1 Å². The summed E-state index contributed by atoms with van der Waals surface area (Å²) in [4.78, 5) is 5.10. The molecule has 20 heavy (non-hydrogen) atoms. The van der Waals surface area contributed by atoms with E-state index in [2.05, 4.69) is 34.1 Å². The Labute approximate surface area is 121 Å². The third-order valence-corrected chi connectivity index (χ3v) is 4.46. The zero-order chi connectivity index (χ0) is 13.8. The Morgan fingerprint density at radius 3 is 2.55 bits per heavy atom. The van der Waals surface area contributed by atoms with Crippen LogP contribution in [0.1, 0.15) is 12.0 Å². The molecule has 1 aromatic rings. The number of nitrogens with two attached hydrogens (primary N) is 1. The Balaban J connectivity index is 1.58. The number of hydrogen-bond acceptors (Lipinski definition) is 4. The van der Waals surface area contributed by atoms with Crippen LogP contribution in [0.25, 0.3) is 0 Å². The first-order chi connectivity index (χ1) is 9.86. The average Bonchev–Trinajstić information content (AvgIpc) is 2.99. The van der Waals surface area contributed by atoms with Gasteiger partial charge in [-0.15, -0.1) is 0 Å². The molecular weight excluding hydrogens is 250 g/mol. The molecule has 2 fully saturated rings. The maximum atomic E-state index is 5.60. The van der Waals surface area contributed by atoms with Crippen LogP contribution in [0.5, 0.6) is 0 Å². The Bertz CT molecular complexity index is 414. The number of ether oxygens (including phenoxy) is 1. The molecule has 0 bridgehead atoms. The lowest BCUT2D eigenvalue weighted by Gasteiger charge is -2.32. The van der Waals surface area contributed by atoms with Crippen LogP contribution in [0, 0.1) is 0 Å². The molecule has 0 radical (unpaired) electrons. The second-order valence-corrected chi connectivity index (χ2v) is 5.74. The molecule has 2 heterocycles. The Hall–Kier alpha value is -1.10. The molecule has 2 N–H and O–H groups in total. The van der Waals surface area contributed by atoms with E-state index in [0.29, 0.717) is 6.04 Å². The van der Waals surface area contributed by atoms with Gasteiger partial charge in [-0.3, -0.25) is 4.90 Å². The van der Waals surface area contributed by atoms with Crippen LogP contribution < -0.4 is 10.6 Å². The van der Waals surface area contributed by atoms with Crippen LogP contribution in [0.4, 0.5) is 5.69 Å². The summed E-state index contributed by atoms with van der Waals surface area (Å²) < 4.78 is 5.44. The van der Waals surface area contributed by atoms with Crippen molar-refractivity contribution < 1.29 is 4.74 Å². The SMILES string of the molecule is NCCc1ccc(N2CCC(N3CCOCC3)C2)cc1. The van der Waals surface area contributed by atoms with Gasteiger partial charge in [-0.1, -0.05) is 12.1 Å². The molecular formula is C16H25N3O. The first-order valence-corrected chi connectivity index (χ1v) is 7.72. The molecule has 0 aliphatic carbocycles. The number of morpholine rings is 1. The fraction of sp³-hybridized carbons (Fsp3) is 0.625. The van der Waals surface area contributed by atoms with Crippen LogP contribution in [0.2, 0.25) is 0 Å².